The number of ether oxygens (including phenoxy) is 1. The van der Waals surface area contributed by atoms with E-state index >= 15 is 0 Å². The first-order valence-electron chi connectivity index (χ1n) is 10.1. The maximum absolute atomic E-state index is 5.59. The van der Waals surface area contributed by atoms with E-state index in [0.29, 0.717) is 5.92 Å². The minimum absolute atomic E-state index is 0.625. The van der Waals surface area contributed by atoms with Crippen LogP contribution in [0.5, 0.6) is 0 Å². The van der Waals surface area contributed by atoms with Gasteiger partial charge in [0, 0.05) is 63.6 Å². The number of guanidine groups is 1. The number of hydrogen-bond donors (Lipinski definition) is 1. The second-order valence-corrected chi connectivity index (χ2v) is 7.90. The minimum Gasteiger partial charge on any atom is -0.381 e. The Balaban J connectivity index is 1.49. The normalized spacial score (nSPS) is 21.0. The summed E-state index contributed by atoms with van der Waals surface area (Å²) in [6.07, 6.45) is 4.70. The number of nitrogens with zero attached hydrogens (tertiary/aromatic N) is 4. The summed E-state index contributed by atoms with van der Waals surface area (Å²) in [5, 5.41) is 6.83. The summed E-state index contributed by atoms with van der Waals surface area (Å²) in [4.78, 5) is 14.4. The molecule has 2 fully saturated rings. The van der Waals surface area contributed by atoms with Crippen molar-refractivity contribution in [2.24, 2.45) is 10.9 Å². The monoisotopic (exact) mass is 379 g/mol. The molecule has 2 aliphatic rings. The van der Waals surface area contributed by atoms with Crippen molar-refractivity contribution in [3.8, 4) is 0 Å². The molecule has 0 saturated carbocycles. The summed E-state index contributed by atoms with van der Waals surface area (Å²) < 4.78 is 5.59. The second-order valence-electron chi connectivity index (χ2n) is 7.06. The Bertz CT molecular complexity index is 570. The van der Waals surface area contributed by atoms with Gasteiger partial charge in [0.05, 0.1) is 12.3 Å². The number of likely N-dealkylation sites (tertiary alicyclic amines) is 1. The molecular weight excluding hydrogens is 346 g/mol. The van der Waals surface area contributed by atoms with Crippen molar-refractivity contribution in [3.05, 3.63) is 11.1 Å². The van der Waals surface area contributed by atoms with Crippen LogP contribution in [-0.2, 0) is 11.2 Å². The van der Waals surface area contributed by atoms with Crippen LogP contribution in [0.25, 0.3) is 0 Å². The summed E-state index contributed by atoms with van der Waals surface area (Å²) in [6.45, 7) is 12.0. The van der Waals surface area contributed by atoms with Crippen molar-refractivity contribution in [3.63, 3.8) is 0 Å². The van der Waals surface area contributed by atoms with Crippen molar-refractivity contribution >= 4 is 22.4 Å². The van der Waals surface area contributed by atoms with Crippen molar-refractivity contribution in [2.45, 2.75) is 39.5 Å². The van der Waals surface area contributed by atoms with Crippen LogP contribution in [0, 0.1) is 5.92 Å². The Morgan fingerprint density at radius 1 is 1.35 bits per heavy atom. The van der Waals surface area contributed by atoms with E-state index in [1.54, 1.807) is 11.3 Å². The molecule has 0 aromatic carbocycles. The van der Waals surface area contributed by atoms with Crippen LogP contribution in [0.4, 0.5) is 5.13 Å². The van der Waals surface area contributed by atoms with Crippen molar-refractivity contribution in [1.29, 1.82) is 0 Å². The average Bonchev–Trinajstić information content (AvgIpc) is 3.40. The van der Waals surface area contributed by atoms with E-state index in [0.717, 1.165) is 64.9 Å². The summed E-state index contributed by atoms with van der Waals surface area (Å²) in [6, 6.07) is 0. The topological polar surface area (TPSA) is 53.0 Å². The van der Waals surface area contributed by atoms with Crippen LogP contribution in [0.15, 0.2) is 10.4 Å². The zero-order valence-corrected chi connectivity index (χ0v) is 17.1. The number of aromatic nitrogens is 1. The lowest BCUT2D eigenvalue weighted by molar-refractivity contribution is 0.114. The molecule has 6 nitrogen and oxygen atoms in total. The zero-order valence-electron chi connectivity index (χ0n) is 16.2. The van der Waals surface area contributed by atoms with Gasteiger partial charge in [-0.25, -0.2) is 4.98 Å². The molecule has 7 heteroatoms. The van der Waals surface area contributed by atoms with Crippen LogP contribution >= 0.6 is 11.3 Å². The fourth-order valence-electron chi connectivity index (χ4n) is 3.61. The van der Waals surface area contributed by atoms with Gasteiger partial charge < -0.3 is 19.9 Å². The lowest BCUT2D eigenvalue weighted by atomic mass is 10.1. The van der Waals surface area contributed by atoms with Gasteiger partial charge in [-0.05, 0) is 33.1 Å². The van der Waals surface area contributed by atoms with E-state index in [1.165, 1.54) is 30.1 Å². The third-order valence-corrected chi connectivity index (χ3v) is 5.97. The van der Waals surface area contributed by atoms with Crippen LogP contribution < -0.4 is 10.2 Å². The van der Waals surface area contributed by atoms with E-state index < -0.39 is 0 Å². The first kappa shape index (κ1) is 19.4. The lowest BCUT2D eigenvalue weighted by Crippen LogP contribution is -2.40. The number of aliphatic imine (C=N–C) groups is 1. The molecular formula is C19H33N5OS. The standard InChI is InChI=1S/C19H33N5OS/c1-3-20-18(24-12-8-16(13-24)14-25-4-2)21-9-7-17-15-26-19(22-17)23-10-5-6-11-23/h15-16H,3-14H2,1-2H3,(H,20,21). The maximum Gasteiger partial charge on any atom is 0.193 e. The molecule has 1 atom stereocenters. The van der Waals surface area contributed by atoms with Crippen LogP contribution in [0.1, 0.15) is 38.8 Å². The Morgan fingerprint density at radius 2 is 2.19 bits per heavy atom. The molecule has 1 aromatic heterocycles. The van der Waals surface area contributed by atoms with Gasteiger partial charge in [-0.2, -0.15) is 0 Å². The lowest BCUT2D eigenvalue weighted by Gasteiger charge is -2.21. The number of nitrogens with one attached hydrogen (secondary N) is 1. The second kappa shape index (κ2) is 10.1. The van der Waals surface area contributed by atoms with Gasteiger partial charge in [0.1, 0.15) is 0 Å². The number of rotatable bonds is 8. The Kier molecular flexibility index (Phi) is 7.55. The minimum atomic E-state index is 0.625. The first-order chi connectivity index (χ1) is 12.8. The molecule has 2 aliphatic heterocycles. The molecule has 0 bridgehead atoms. The molecule has 0 aliphatic carbocycles. The molecule has 1 N–H and O–H groups in total. The smallest absolute Gasteiger partial charge is 0.193 e. The average molecular weight is 380 g/mol. The van der Waals surface area contributed by atoms with Gasteiger partial charge in [0.2, 0.25) is 0 Å². The highest BCUT2D eigenvalue weighted by Gasteiger charge is 2.24. The van der Waals surface area contributed by atoms with Gasteiger partial charge in [-0.1, -0.05) is 0 Å². The Morgan fingerprint density at radius 3 is 2.96 bits per heavy atom. The SMILES string of the molecule is CCNC(=NCCc1csc(N2CCCC2)n1)N1CCC(COCC)C1. The molecule has 0 radical (unpaired) electrons. The van der Waals surface area contributed by atoms with Crippen molar-refractivity contribution < 1.29 is 4.74 Å². The van der Waals surface area contributed by atoms with E-state index in [4.69, 9.17) is 14.7 Å². The van der Waals surface area contributed by atoms with Crippen molar-refractivity contribution in [2.75, 3.05) is 57.4 Å². The fraction of sp³-hybridized carbons (Fsp3) is 0.789. The largest absolute Gasteiger partial charge is 0.381 e. The molecule has 1 unspecified atom stereocenters. The third kappa shape index (κ3) is 5.33. The predicted molar refractivity (Wildman–Crippen MR) is 109 cm³/mol. The predicted octanol–water partition coefficient (Wildman–Crippen LogP) is 2.61. The summed E-state index contributed by atoms with van der Waals surface area (Å²) in [5.74, 6) is 1.67. The number of thiazole rings is 1. The number of anilines is 1. The fourth-order valence-corrected chi connectivity index (χ4v) is 4.53. The zero-order chi connectivity index (χ0) is 18.2. The Hall–Kier alpha value is -1.34. The first-order valence-corrected chi connectivity index (χ1v) is 11.0. The van der Waals surface area contributed by atoms with E-state index in [2.05, 4.69) is 34.3 Å². The van der Waals surface area contributed by atoms with Crippen LogP contribution in [-0.4, -0.2) is 68.3 Å². The quantitative estimate of drug-likeness (QED) is 0.556. The highest BCUT2D eigenvalue weighted by molar-refractivity contribution is 7.13. The van der Waals surface area contributed by atoms with Crippen molar-refractivity contribution in [1.82, 2.24) is 15.2 Å². The summed E-state index contributed by atoms with van der Waals surface area (Å²) in [7, 11) is 0. The highest BCUT2D eigenvalue weighted by Crippen LogP contribution is 2.24. The molecule has 0 spiro atoms. The molecule has 146 valence electrons. The molecule has 3 heterocycles. The molecule has 2 saturated heterocycles. The van der Waals surface area contributed by atoms with E-state index in [-0.39, 0.29) is 0 Å². The maximum atomic E-state index is 5.59. The molecule has 3 rings (SSSR count). The van der Waals surface area contributed by atoms with Crippen LogP contribution in [0.2, 0.25) is 0 Å². The molecule has 1 aromatic rings. The summed E-state index contributed by atoms with van der Waals surface area (Å²) in [5.41, 5.74) is 1.17. The van der Waals surface area contributed by atoms with Crippen LogP contribution in [0.3, 0.4) is 0 Å². The van der Waals surface area contributed by atoms with Gasteiger partial charge >= 0.3 is 0 Å². The number of hydrogen-bond acceptors (Lipinski definition) is 5. The molecule has 26 heavy (non-hydrogen) atoms. The highest BCUT2D eigenvalue weighted by atomic mass is 32.1. The Labute approximate surface area is 161 Å². The third-order valence-electron chi connectivity index (χ3n) is 5.02. The van der Waals surface area contributed by atoms with Gasteiger partial charge in [-0.3, -0.25) is 4.99 Å². The van der Waals surface area contributed by atoms with Gasteiger partial charge in [0.15, 0.2) is 11.1 Å². The molecule has 0 amide bonds. The van der Waals surface area contributed by atoms with E-state index in [9.17, 15) is 0 Å². The van der Waals surface area contributed by atoms with Gasteiger partial charge in [0.25, 0.3) is 0 Å². The van der Waals surface area contributed by atoms with E-state index in [1.807, 2.05) is 0 Å². The summed E-state index contributed by atoms with van der Waals surface area (Å²) >= 11 is 1.78. The van der Waals surface area contributed by atoms with Gasteiger partial charge in [-0.15, -0.1) is 11.3 Å².